The Hall–Kier alpha value is -1.83. The van der Waals surface area contributed by atoms with Crippen LogP contribution in [0.5, 0.6) is 11.5 Å². The molecule has 3 rings (SSSR count). The van der Waals surface area contributed by atoms with Gasteiger partial charge in [0.2, 0.25) is 0 Å². The van der Waals surface area contributed by atoms with Gasteiger partial charge < -0.3 is 9.47 Å². The predicted octanol–water partition coefficient (Wildman–Crippen LogP) is 3.21. The molecular formula is C17H22ClN3O3S. The van der Waals surface area contributed by atoms with Gasteiger partial charge in [-0.1, -0.05) is 6.92 Å². The molecule has 25 heavy (non-hydrogen) atoms. The molecule has 1 N–H and O–H groups in total. The van der Waals surface area contributed by atoms with E-state index in [0.29, 0.717) is 22.2 Å². The second-order valence-corrected chi connectivity index (χ2v) is 6.62. The first-order valence-electron chi connectivity index (χ1n) is 7.89. The zero-order valence-electron chi connectivity index (χ0n) is 14.5. The zero-order valence-corrected chi connectivity index (χ0v) is 16.1. The fraction of sp³-hybridized carbons (Fsp3) is 0.412. The Labute approximate surface area is 157 Å². The molecule has 0 saturated heterocycles. The van der Waals surface area contributed by atoms with Gasteiger partial charge in [0.25, 0.3) is 5.91 Å². The number of hydrogen-bond acceptors (Lipinski definition) is 6. The Kier molecular flexibility index (Phi) is 6.64. The van der Waals surface area contributed by atoms with Crippen molar-refractivity contribution >= 4 is 34.8 Å². The van der Waals surface area contributed by atoms with Crippen molar-refractivity contribution in [2.45, 2.75) is 19.9 Å². The number of benzene rings is 1. The summed E-state index contributed by atoms with van der Waals surface area (Å²) in [5.41, 5.74) is 1.61. The minimum absolute atomic E-state index is 0. The summed E-state index contributed by atoms with van der Waals surface area (Å²) in [6.45, 7) is 5.13. The summed E-state index contributed by atoms with van der Waals surface area (Å²) in [5.74, 6) is 0.926. The molecule has 1 amide bonds. The molecule has 2 aromatic rings. The van der Waals surface area contributed by atoms with E-state index in [0.717, 1.165) is 31.7 Å². The van der Waals surface area contributed by atoms with Crippen LogP contribution in [-0.2, 0) is 13.0 Å². The lowest BCUT2D eigenvalue weighted by Gasteiger charge is -2.23. The quantitative estimate of drug-likeness (QED) is 0.858. The van der Waals surface area contributed by atoms with Crippen LogP contribution in [-0.4, -0.2) is 43.1 Å². The van der Waals surface area contributed by atoms with Crippen LogP contribution >= 0.6 is 23.7 Å². The van der Waals surface area contributed by atoms with Gasteiger partial charge in [-0.3, -0.25) is 15.0 Å². The molecule has 6 nitrogen and oxygen atoms in total. The number of likely N-dealkylation sites (N-methyl/N-ethyl adjacent to an activating group) is 1. The summed E-state index contributed by atoms with van der Waals surface area (Å²) in [6.07, 6.45) is 0.936. The largest absolute Gasteiger partial charge is 0.493 e. The highest BCUT2D eigenvalue weighted by Crippen LogP contribution is 2.30. The molecule has 0 atom stereocenters. The van der Waals surface area contributed by atoms with Gasteiger partial charge in [-0.15, -0.1) is 23.7 Å². The molecule has 0 fully saturated rings. The lowest BCUT2D eigenvalue weighted by Crippen LogP contribution is -2.29. The summed E-state index contributed by atoms with van der Waals surface area (Å²) in [4.78, 5) is 20.6. The Morgan fingerprint density at radius 1 is 1.32 bits per heavy atom. The fourth-order valence-corrected chi connectivity index (χ4v) is 3.76. The fourth-order valence-electron chi connectivity index (χ4n) is 2.72. The summed E-state index contributed by atoms with van der Waals surface area (Å²) < 4.78 is 10.4. The number of carbonyl (C=O) groups is 1. The van der Waals surface area contributed by atoms with E-state index in [2.05, 4.69) is 22.1 Å². The van der Waals surface area contributed by atoms with Gasteiger partial charge in [0, 0.05) is 30.0 Å². The predicted molar refractivity (Wildman–Crippen MR) is 102 cm³/mol. The van der Waals surface area contributed by atoms with Crippen molar-refractivity contribution in [3.63, 3.8) is 0 Å². The maximum absolute atomic E-state index is 12.5. The number of rotatable bonds is 5. The topological polar surface area (TPSA) is 63.7 Å². The van der Waals surface area contributed by atoms with E-state index in [1.165, 1.54) is 4.88 Å². The van der Waals surface area contributed by atoms with Crippen LogP contribution in [0.1, 0.15) is 27.9 Å². The first-order chi connectivity index (χ1) is 11.6. The molecular weight excluding hydrogens is 362 g/mol. The maximum Gasteiger partial charge on any atom is 0.257 e. The second-order valence-electron chi connectivity index (χ2n) is 5.53. The van der Waals surface area contributed by atoms with Crippen LogP contribution in [0.3, 0.4) is 0 Å². The number of amides is 1. The lowest BCUT2D eigenvalue weighted by molar-refractivity contribution is 0.102. The average molecular weight is 384 g/mol. The van der Waals surface area contributed by atoms with Crippen LogP contribution in [0, 0.1) is 0 Å². The summed E-state index contributed by atoms with van der Waals surface area (Å²) >= 11 is 1.55. The van der Waals surface area contributed by atoms with Crippen molar-refractivity contribution in [2.75, 3.05) is 32.6 Å². The van der Waals surface area contributed by atoms with Gasteiger partial charge >= 0.3 is 0 Å². The number of ether oxygens (including phenoxy) is 2. The monoisotopic (exact) mass is 383 g/mol. The molecule has 0 unspecified atom stereocenters. The number of thiazole rings is 1. The number of nitrogens with zero attached hydrogens (tertiary/aromatic N) is 2. The van der Waals surface area contributed by atoms with E-state index in [9.17, 15) is 4.79 Å². The van der Waals surface area contributed by atoms with Crippen molar-refractivity contribution in [3.8, 4) is 11.5 Å². The molecule has 0 spiro atoms. The number of halogens is 1. The minimum Gasteiger partial charge on any atom is -0.493 e. The van der Waals surface area contributed by atoms with Crippen molar-refractivity contribution in [2.24, 2.45) is 0 Å². The van der Waals surface area contributed by atoms with Gasteiger partial charge in [0.15, 0.2) is 16.6 Å². The Balaban J connectivity index is 0.00000225. The highest BCUT2D eigenvalue weighted by molar-refractivity contribution is 7.15. The van der Waals surface area contributed by atoms with E-state index in [-0.39, 0.29) is 18.3 Å². The van der Waals surface area contributed by atoms with E-state index >= 15 is 0 Å². The van der Waals surface area contributed by atoms with Crippen LogP contribution in [0.25, 0.3) is 0 Å². The molecule has 2 heterocycles. The van der Waals surface area contributed by atoms with Gasteiger partial charge in [-0.25, -0.2) is 4.98 Å². The van der Waals surface area contributed by atoms with Crippen molar-refractivity contribution in [1.29, 1.82) is 0 Å². The number of hydrogen-bond donors (Lipinski definition) is 1. The first-order valence-corrected chi connectivity index (χ1v) is 8.70. The first kappa shape index (κ1) is 19.5. The van der Waals surface area contributed by atoms with Crippen molar-refractivity contribution in [1.82, 2.24) is 9.88 Å². The standard InChI is InChI=1S/C17H21N3O3S.ClH/c1-4-20-8-7-12-15(10-20)24-17(18-12)19-16(21)11-5-6-13(22-2)14(9-11)23-3;/h5-6,9H,4,7-8,10H2,1-3H3,(H,18,19,21);1H. The Morgan fingerprint density at radius 2 is 2.08 bits per heavy atom. The molecule has 0 bridgehead atoms. The zero-order chi connectivity index (χ0) is 17.1. The van der Waals surface area contributed by atoms with E-state index in [1.54, 1.807) is 43.8 Å². The Bertz CT molecular complexity index is 751. The molecule has 136 valence electrons. The lowest BCUT2D eigenvalue weighted by atomic mass is 10.2. The normalized spacial score (nSPS) is 13.6. The van der Waals surface area contributed by atoms with E-state index < -0.39 is 0 Å². The third kappa shape index (κ3) is 4.23. The van der Waals surface area contributed by atoms with Crippen LogP contribution < -0.4 is 14.8 Å². The summed E-state index contributed by atoms with van der Waals surface area (Å²) in [5, 5.41) is 3.54. The minimum atomic E-state index is -0.200. The molecule has 0 radical (unpaired) electrons. The molecule has 1 aromatic carbocycles. The third-order valence-corrected chi connectivity index (χ3v) is 5.12. The van der Waals surface area contributed by atoms with Crippen LogP contribution in [0.4, 0.5) is 5.13 Å². The van der Waals surface area contributed by atoms with E-state index in [4.69, 9.17) is 9.47 Å². The molecule has 1 aliphatic rings. The maximum atomic E-state index is 12.5. The number of nitrogens with one attached hydrogen (secondary N) is 1. The SMILES string of the molecule is CCN1CCc2nc(NC(=O)c3ccc(OC)c(OC)c3)sc2C1.Cl. The van der Waals surface area contributed by atoms with Gasteiger partial charge in [0.05, 0.1) is 19.9 Å². The molecule has 1 aliphatic heterocycles. The van der Waals surface area contributed by atoms with Crippen LogP contribution in [0.15, 0.2) is 18.2 Å². The van der Waals surface area contributed by atoms with Crippen molar-refractivity contribution in [3.05, 3.63) is 34.3 Å². The smallest absolute Gasteiger partial charge is 0.257 e. The number of aromatic nitrogens is 1. The average Bonchev–Trinajstić information content (AvgIpc) is 3.02. The van der Waals surface area contributed by atoms with Gasteiger partial charge in [-0.05, 0) is 24.7 Å². The molecule has 1 aromatic heterocycles. The molecule has 0 saturated carbocycles. The molecule has 8 heteroatoms. The summed E-state index contributed by atoms with van der Waals surface area (Å²) in [6, 6.07) is 5.10. The van der Waals surface area contributed by atoms with Crippen molar-refractivity contribution < 1.29 is 14.3 Å². The second kappa shape index (κ2) is 8.51. The number of carbonyl (C=O) groups excluding carboxylic acids is 1. The Morgan fingerprint density at radius 3 is 2.76 bits per heavy atom. The third-order valence-electron chi connectivity index (χ3n) is 4.12. The van der Waals surface area contributed by atoms with Gasteiger partial charge in [-0.2, -0.15) is 0 Å². The summed E-state index contributed by atoms with van der Waals surface area (Å²) in [7, 11) is 3.12. The highest BCUT2D eigenvalue weighted by atomic mass is 35.5. The number of fused-ring (bicyclic) bond motifs is 1. The highest BCUT2D eigenvalue weighted by Gasteiger charge is 2.21. The van der Waals surface area contributed by atoms with E-state index in [1.807, 2.05) is 0 Å². The van der Waals surface area contributed by atoms with Gasteiger partial charge in [0.1, 0.15) is 0 Å². The van der Waals surface area contributed by atoms with Crippen LogP contribution in [0.2, 0.25) is 0 Å². The number of anilines is 1. The number of methoxy groups -OCH3 is 2. The molecule has 0 aliphatic carbocycles.